The van der Waals surface area contributed by atoms with Gasteiger partial charge in [0.15, 0.2) is 6.10 Å². The lowest BCUT2D eigenvalue weighted by molar-refractivity contribution is -0.384. The lowest BCUT2D eigenvalue weighted by Crippen LogP contribution is -2.20. The number of nitrogens with zero attached hydrogens (tertiary/aromatic N) is 1. The predicted octanol–water partition coefficient (Wildman–Crippen LogP) is 4.99. The molecular weight excluding hydrogens is 370 g/mol. The third-order valence-corrected chi connectivity index (χ3v) is 4.67. The molecule has 6 heteroatoms. The average molecular weight is 389 g/mol. The summed E-state index contributed by atoms with van der Waals surface area (Å²) in [7, 11) is 0. The fraction of sp³-hybridized carbons (Fsp3) is 0.130. The molecule has 0 heterocycles. The number of carbonyl (C=O) groups excluding carboxylic acids is 2. The number of nitro groups is 1. The maximum atomic E-state index is 13.2. The molecule has 3 aromatic rings. The minimum atomic E-state index is -1.12. The summed E-state index contributed by atoms with van der Waals surface area (Å²) in [6, 6.07) is 19.1. The largest absolute Gasteiger partial charge is 0.445 e. The van der Waals surface area contributed by atoms with Gasteiger partial charge < -0.3 is 4.74 Å². The van der Waals surface area contributed by atoms with Crippen LogP contribution in [0, 0.1) is 24.0 Å². The number of hydrogen-bond donors (Lipinski definition) is 0. The van der Waals surface area contributed by atoms with Crippen LogP contribution in [0.2, 0.25) is 0 Å². The number of non-ortho nitro benzene ring substituents is 1. The number of ketones is 1. The zero-order valence-corrected chi connectivity index (χ0v) is 16.0. The molecule has 3 aromatic carbocycles. The normalized spacial score (nSPS) is 11.5. The van der Waals surface area contributed by atoms with Crippen LogP contribution < -0.4 is 0 Å². The van der Waals surface area contributed by atoms with Gasteiger partial charge >= 0.3 is 5.97 Å². The van der Waals surface area contributed by atoms with Crippen molar-refractivity contribution in [3.8, 4) is 0 Å². The van der Waals surface area contributed by atoms with Crippen LogP contribution in [-0.2, 0) is 4.74 Å². The zero-order chi connectivity index (χ0) is 21.0. The second-order valence-corrected chi connectivity index (χ2v) is 6.66. The summed E-state index contributed by atoms with van der Waals surface area (Å²) in [5.41, 5.74) is 3.01. The van der Waals surface area contributed by atoms with Crippen LogP contribution in [-0.4, -0.2) is 16.7 Å². The average Bonchev–Trinajstić information content (AvgIpc) is 2.74. The standard InChI is InChI=1S/C23H19NO5/c1-15-8-9-19(14-16(15)2)21(25)22(17-6-4-3-5-7-17)29-23(26)18-10-12-20(13-11-18)24(27)28/h3-14,22H,1-2H3/t22-/m0/s1. The maximum absolute atomic E-state index is 13.2. The summed E-state index contributed by atoms with van der Waals surface area (Å²) < 4.78 is 5.55. The van der Waals surface area contributed by atoms with E-state index in [4.69, 9.17) is 4.74 Å². The van der Waals surface area contributed by atoms with Crippen molar-refractivity contribution in [2.24, 2.45) is 0 Å². The fourth-order valence-electron chi connectivity index (χ4n) is 2.84. The minimum Gasteiger partial charge on any atom is -0.445 e. The molecule has 0 aliphatic heterocycles. The van der Waals surface area contributed by atoms with Crippen LogP contribution >= 0.6 is 0 Å². The molecule has 0 saturated carbocycles. The summed E-state index contributed by atoms with van der Waals surface area (Å²) in [5.74, 6) is -1.07. The number of rotatable bonds is 6. The van der Waals surface area contributed by atoms with Crippen LogP contribution in [0.3, 0.4) is 0 Å². The topological polar surface area (TPSA) is 86.5 Å². The molecule has 1 atom stereocenters. The van der Waals surface area contributed by atoms with Crippen LogP contribution in [0.15, 0.2) is 72.8 Å². The molecule has 0 radical (unpaired) electrons. The summed E-state index contributed by atoms with van der Waals surface area (Å²) in [4.78, 5) is 36.0. The molecule has 0 saturated heterocycles. The number of hydrogen-bond acceptors (Lipinski definition) is 5. The van der Waals surface area contributed by atoms with Crippen molar-refractivity contribution < 1.29 is 19.2 Å². The SMILES string of the molecule is Cc1ccc(C(=O)[C@@H](OC(=O)c2ccc([N+](=O)[O-])cc2)c2ccccc2)cc1C. The van der Waals surface area contributed by atoms with Gasteiger partial charge in [0.2, 0.25) is 5.78 Å². The smallest absolute Gasteiger partial charge is 0.339 e. The molecule has 0 unspecified atom stereocenters. The molecule has 146 valence electrons. The van der Waals surface area contributed by atoms with E-state index >= 15 is 0 Å². The number of nitro benzene ring substituents is 1. The van der Waals surface area contributed by atoms with Crippen LogP contribution in [0.25, 0.3) is 0 Å². The monoisotopic (exact) mass is 389 g/mol. The Morgan fingerprint density at radius 3 is 2.07 bits per heavy atom. The second kappa shape index (κ2) is 8.48. The predicted molar refractivity (Wildman–Crippen MR) is 108 cm³/mol. The first-order valence-corrected chi connectivity index (χ1v) is 8.98. The van der Waals surface area contributed by atoms with E-state index in [1.54, 1.807) is 42.5 Å². The van der Waals surface area contributed by atoms with E-state index in [1.165, 1.54) is 24.3 Å². The van der Waals surface area contributed by atoms with Crippen molar-refractivity contribution >= 4 is 17.4 Å². The second-order valence-electron chi connectivity index (χ2n) is 6.66. The molecule has 0 aliphatic carbocycles. The first-order chi connectivity index (χ1) is 13.9. The number of carbonyl (C=O) groups is 2. The van der Waals surface area contributed by atoms with E-state index in [2.05, 4.69) is 0 Å². The number of benzene rings is 3. The molecule has 0 amide bonds. The molecule has 6 nitrogen and oxygen atoms in total. The summed E-state index contributed by atoms with van der Waals surface area (Å²) >= 11 is 0. The number of Topliss-reactive ketones (excluding diaryl/α,β-unsaturated/α-hetero) is 1. The maximum Gasteiger partial charge on any atom is 0.339 e. The van der Waals surface area contributed by atoms with E-state index < -0.39 is 17.0 Å². The summed E-state index contributed by atoms with van der Waals surface area (Å²) in [6.07, 6.45) is -1.12. The van der Waals surface area contributed by atoms with Gasteiger partial charge in [0.05, 0.1) is 10.5 Å². The number of esters is 1. The van der Waals surface area contributed by atoms with Gasteiger partial charge in [0.1, 0.15) is 0 Å². The molecule has 29 heavy (non-hydrogen) atoms. The van der Waals surface area contributed by atoms with Crippen molar-refractivity contribution in [1.29, 1.82) is 0 Å². The van der Waals surface area contributed by atoms with Gasteiger partial charge in [-0.3, -0.25) is 14.9 Å². The highest BCUT2D eigenvalue weighted by molar-refractivity contribution is 6.02. The van der Waals surface area contributed by atoms with E-state index in [0.717, 1.165) is 11.1 Å². The van der Waals surface area contributed by atoms with E-state index in [9.17, 15) is 19.7 Å². The zero-order valence-electron chi connectivity index (χ0n) is 16.0. The Kier molecular flexibility index (Phi) is 5.83. The van der Waals surface area contributed by atoms with Gasteiger partial charge in [-0.25, -0.2) is 4.79 Å². The van der Waals surface area contributed by atoms with Crippen molar-refractivity contribution in [3.63, 3.8) is 0 Å². The Labute approximate surface area is 167 Å². The Morgan fingerprint density at radius 1 is 0.862 bits per heavy atom. The third-order valence-electron chi connectivity index (χ3n) is 4.67. The first kappa shape index (κ1) is 19.9. The van der Waals surface area contributed by atoms with Gasteiger partial charge in [0, 0.05) is 23.3 Å². The third kappa shape index (κ3) is 4.55. The van der Waals surface area contributed by atoms with Crippen molar-refractivity contribution in [2.75, 3.05) is 0 Å². The fourth-order valence-corrected chi connectivity index (χ4v) is 2.84. The van der Waals surface area contributed by atoms with Crippen LogP contribution in [0.5, 0.6) is 0 Å². The van der Waals surface area contributed by atoms with Crippen LogP contribution in [0.4, 0.5) is 5.69 Å². The lowest BCUT2D eigenvalue weighted by atomic mass is 9.97. The van der Waals surface area contributed by atoms with E-state index in [1.807, 2.05) is 19.9 Å². The first-order valence-electron chi connectivity index (χ1n) is 8.98. The Bertz CT molecular complexity index is 1060. The number of ether oxygens (including phenoxy) is 1. The highest BCUT2D eigenvalue weighted by Gasteiger charge is 2.27. The van der Waals surface area contributed by atoms with Crippen molar-refractivity contribution in [2.45, 2.75) is 20.0 Å². The van der Waals surface area contributed by atoms with Gasteiger partial charge in [-0.15, -0.1) is 0 Å². The van der Waals surface area contributed by atoms with E-state index in [0.29, 0.717) is 11.1 Å². The van der Waals surface area contributed by atoms with Crippen LogP contribution in [0.1, 0.15) is 43.5 Å². The Balaban J connectivity index is 1.91. The molecule has 0 spiro atoms. The minimum absolute atomic E-state index is 0.129. The summed E-state index contributed by atoms with van der Waals surface area (Å²) in [5, 5.41) is 10.8. The highest BCUT2D eigenvalue weighted by atomic mass is 16.6. The van der Waals surface area contributed by atoms with Gasteiger partial charge in [-0.2, -0.15) is 0 Å². The van der Waals surface area contributed by atoms with Crippen molar-refractivity contribution in [3.05, 3.63) is 111 Å². The Hall–Kier alpha value is -3.80. The highest BCUT2D eigenvalue weighted by Crippen LogP contribution is 2.25. The van der Waals surface area contributed by atoms with Gasteiger partial charge in [-0.05, 0) is 43.2 Å². The van der Waals surface area contributed by atoms with Gasteiger partial charge in [0.25, 0.3) is 5.69 Å². The molecule has 0 N–H and O–H groups in total. The molecule has 0 bridgehead atoms. The molecule has 0 aliphatic rings. The lowest BCUT2D eigenvalue weighted by Gasteiger charge is -2.18. The molecule has 3 rings (SSSR count). The van der Waals surface area contributed by atoms with E-state index in [-0.39, 0.29) is 17.0 Å². The molecule has 0 aromatic heterocycles. The molecule has 0 fully saturated rings. The Morgan fingerprint density at radius 2 is 1.48 bits per heavy atom. The quantitative estimate of drug-likeness (QED) is 0.256. The van der Waals surface area contributed by atoms with Crippen molar-refractivity contribution in [1.82, 2.24) is 0 Å². The number of aryl methyl sites for hydroxylation is 2. The molecular formula is C23H19NO5. The van der Waals surface area contributed by atoms with Gasteiger partial charge in [-0.1, -0.05) is 42.5 Å². The summed E-state index contributed by atoms with van der Waals surface area (Å²) in [6.45, 7) is 3.86.